The Morgan fingerprint density at radius 1 is 1.00 bits per heavy atom. The maximum Gasteiger partial charge on any atom is 0.251 e. The number of nitrogens with one attached hydrogen (secondary N) is 2. The fraction of sp³-hybridized carbons (Fsp3) is 0.176. The molecule has 0 saturated carbocycles. The lowest BCUT2D eigenvalue weighted by atomic mass is 10.2. The monoisotopic (exact) mass is 330 g/mol. The number of carbonyl (C=O) groups excluding carboxylic acids is 2. The van der Waals surface area contributed by atoms with Gasteiger partial charge in [-0.25, -0.2) is 4.39 Å². The predicted molar refractivity (Wildman–Crippen MR) is 83.1 cm³/mol. The highest BCUT2D eigenvalue weighted by atomic mass is 19.1. The van der Waals surface area contributed by atoms with Crippen molar-refractivity contribution in [2.24, 2.45) is 0 Å². The van der Waals surface area contributed by atoms with Crippen LogP contribution in [0.3, 0.4) is 0 Å². The van der Waals surface area contributed by atoms with Gasteiger partial charge >= 0.3 is 0 Å². The number of ether oxygens (including phenoxy) is 2. The van der Waals surface area contributed by atoms with Crippen LogP contribution in [0.4, 0.5) is 4.39 Å². The third-order valence-electron chi connectivity index (χ3n) is 3.45. The number of hydrogen-bond donors (Lipinski definition) is 2. The number of fused-ring (bicyclic) bond motifs is 1. The molecule has 0 atom stereocenters. The molecule has 2 aromatic rings. The summed E-state index contributed by atoms with van der Waals surface area (Å²) in [6.45, 7) is 0.236. The van der Waals surface area contributed by atoms with E-state index < -0.39 is 0 Å². The Hall–Kier alpha value is -3.09. The zero-order chi connectivity index (χ0) is 16.9. The molecule has 6 nitrogen and oxygen atoms in total. The van der Waals surface area contributed by atoms with Crippen LogP contribution in [0.2, 0.25) is 0 Å². The second-order valence-electron chi connectivity index (χ2n) is 5.15. The first-order valence-electron chi connectivity index (χ1n) is 7.31. The Bertz CT molecular complexity index is 762. The standard InChI is InChI=1S/C17H15FN2O4/c18-13-4-1-11(2-5-13)8-19-16(21)9-20-17(22)12-3-6-14-15(7-12)24-10-23-14/h1-7H,8-10H2,(H,19,21)(H,20,22). The maximum absolute atomic E-state index is 12.8. The number of hydrogen-bond acceptors (Lipinski definition) is 4. The van der Waals surface area contributed by atoms with E-state index in [1.165, 1.54) is 12.1 Å². The fourth-order valence-electron chi connectivity index (χ4n) is 2.17. The van der Waals surface area contributed by atoms with E-state index in [9.17, 15) is 14.0 Å². The van der Waals surface area contributed by atoms with Gasteiger partial charge in [0.2, 0.25) is 12.7 Å². The van der Waals surface area contributed by atoms with Crippen molar-refractivity contribution >= 4 is 11.8 Å². The third-order valence-corrected chi connectivity index (χ3v) is 3.45. The SMILES string of the molecule is O=C(CNC(=O)c1ccc2c(c1)OCO2)NCc1ccc(F)cc1. The van der Waals surface area contributed by atoms with Crippen molar-refractivity contribution in [1.29, 1.82) is 0 Å². The largest absolute Gasteiger partial charge is 0.454 e. The van der Waals surface area contributed by atoms with Gasteiger partial charge in [-0.1, -0.05) is 12.1 Å². The minimum atomic E-state index is -0.384. The molecule has 0 spiro atoms. The number of amides is 2. The summed E-state index contributed by atoms with van der Waals surface area (Å²) in [5.74, 6) is 0.0340. The van der Waals surface area contributed by atoms with Crippen LogP contribution in [0, 0.1) is 5.82 Å². The van der Waals surface area contributed by atoms with Crippen LogP contribution in [-0.4, -0.2) is 25.2 Å². The predicted octanol–water partition coefficient (Wildman–Crippen LogP) is 1.60. The molecule has 1 aliphatic heterocycles. The Balaban J connectivity index is 1.47. The summed E-state index contributed by atoms with van der Waals surface area (Å²) >= 11 is 0. The second kappa shape index (κ2) is 6.99. The van der Waals surface area contributed by atoms with Crippen molar-refractivity contribution in [2.45, 2.75) is 6.54 Å². The van der Waals surface area contributed by atoms with Gasteiger partial charge in [0.15, 0.2) is 11.5 Å². The lowest BCUT2D eigenvalue weighted by Crippen LogP contribution is -2.36. The Labute approximate surface area is 137 Å². The molecule has 0 bridgehead atoms. The van der Waals surface area contributed by atoms with E-state index in [4.69, 9.17) is 9.47 Å². The van der Waals surface area contributed by atoms with Crippen LogP contribution in [0.5, 0.6) is 11.5 Å². The topological polar surface area (TPSA) is 76.7 Å². The van der Waals surface area contributed by atoms with Gasteiger partial charge in [-0.15, -0.1) is 0 Å². The first kappa shape index (κ1) is 15.8. The minimum absolute atomic E-state index is 0.131. The van der Waals surface area contributed by atoms with Crippen LogP contribution >= 0.6 is 0 Å². The number of rotatable bonds is 5. The Kier molecular flexibility index (Phi) is 4.60. The maximum atomic E-state index is 12.8. The molecule has 1 heterocycles. The average molecular weight is 330 g/mol. The molecule has 2 aromatic carbocycles. The van der Waals surface area contributed by atoms with Gasteiger partial charge in [0.1, 0.15) is 5.82 Å². The summed E-state index contributed by atoms with van der Waals surface area (Å²) in [5.41, 5.74) is 1.15. The van der Waals surface area contributed by atoms with Crippen LogP contribution in [0.15, 0.2) is 42.5 Å². The van der Waals surface area contributed by atoms with E-state index in [0.29, 0.717) is 17.1 Å². The van der Waals surface area contributed by atoms with Gasteiger partial charge in [0.05, 0.1) is 6.54 Å². The zero-order valence-corrected chi connectivity index (χ0v) is 12.7. The Morgan fingerprint density at radius 2 is 1.75 bits per heavy atom. The molecule has 3 rings (SSSR count). The molecule has 0 fully saturated rings. The highest BCUT2D eigenvalue weighted by Crippen LogP contribution is 2.32. The van der Waals surface area contributed by atoms with Crippen LogP contribution in [0.1, 0.15) is 15.9 Å². The molecule has 0 unspecified atom stereocenters. The van der Waals surface area contributed by atoms with E-state index in [-0.39, 0.29) is 37.5 Å². The smallest absolute Gasteiger partial charge is 0.251 e. The van der Waals surface area contributed by atoms with Crippen molar-refractivity contribution in [2.75, 3.05) is 13.3 Å². The number of benzene rings is 2. The van der Waals surface area contributed by atoms with Crippen molar-refractivity contribution < 1.29 is 23.5 Å². The lowest BCUT2D eigenvalue weighted by Gasteiger charge is -2.07. The highest BCUT2D eigenvalue weighted by Gasteiger charge is 2.16. The van der Waals surface area contributed by atoms with Crippen molar-refractivity contribution in [1.82, 2.24) is 10.6 Å². The molecule has 0 aliphatic carbocycles. The fourth-order valence-corrected chi connectivity index (χ4v) is 2.17. The first-order valence-corrected chi connectivity index (χ1v) is 7.31. The van der Waals surface area contributed by atoms with E-state index >= 15 is 0 Å². The molecule has 1 aliphatic rings. The minimum Gasteiger partial charge on any atom is -0.454 e. The summed E-state index contributed by atoms with van der Waals surface area (Å²) < 4.78 is 23.2. The summed E-state index contributed by atoms with van der Waals surface area (Å²) in [5, 5.41) is 5.17. The number of halogens is 1. The first-order chi connectivity index (χ1) is 11.6. The van der Waals surface area contributed by atoms with Crippen LogP contribution < -0.4 is 20.1 Å². The molecule has 2 N–H and O–H groups in total. The molecule has 7 heteroatoms. The second-order valence-corrected chi connectivity index (χ2v) is 5.15. The van der Waals surface area contributed by atoms with Gasteiger partial charge < -0.3 is 20.1 Å². The normalized spacial score (nSPS) is 11.9. The van der Waals surface area contributed by atoms with E-state index in [2.05, 4.69) is 10.6 Å². The van der Waals surface area contributed by atoms with Crippen LogP contribution in [0.25, 0.3) is 0 Å². The molecular weight excluding hydrogens is 315 g/mol. The molecule has 24 heavy (non-hydrogen) atoms. The lowest BCUT2D eigenvalue weighted by molar-refractivity contribution is -0.120. The van der Waals surface area contributed by atoms with Gasteiger partial charge in [-0.05, 0) is 35.9 Å². The average Bonchev–Trinajstić information content (AvgIpc) is 3.06. The zero-order valence-electron chi connectivity index (χ0n) is 12.7. The summed E-state index contributed by atoms with van der Waals surface area (Å²) in [6, 6.07) is 10.6. The van der Waals surface area contributed by atoms with Crippen LogP contribution in [-0.2, 0) is 11.3 Å². The highest BCUT2D eigenvalue weighted by molar-refractivity contribution is 5.97. The van der Waals surface area contributed by atoms with E-state index in [0.717, 1.165) is 5.56 Å². The molecule has 0 aromatic heterocycles. The molecule has 2 amide bonds. The van der Waals surface area contributed by atoms with E-state index in [1.54, 1.807) is 30.3 Å². The molecule has 0 saturated heterocycles. The third kappa shape index (κ3) is 3.81. The van der Waals surface area contributed by atoms with Crippen molar-refractivity contribution in [3.05, 3.63) is 59.4 Å². The molecular formula is C17H15FN2O4. The number of carbonyl (C=O) groups is 2. The van der Waals surface area contributed by atoms with Crippen molar-refractivity contribution in [3.63, 3.8) is 0 Å². The summed E-state index contributed by atoms with van der Waals surface area (Å²) in [6.07, 6.45) is 0. The summed E-state index contributed by atoms with van der Waals surface area (Å²) in [4.78, 5) is 23.8. The van der Waals surface area contributed by atoms with Crippen molar-refractivity contribution in [3.8, 4) is 11.5 Å². The molecule has 124 valence electrons. The van der Waals surface area contributed by atoms with Gasteiger partial charge in [-0.2, -0.15) is 0 Å². The van der Waals surface area contributed by atoms with Gasteiger partial charge in [0, 0.05) is 12.1 Å². The summed E-state index contributed by atoms with van der Waals surface area (Å²) in [7, 11) is 0. The van der Waals surface area contributed by atoms with Gasteiger partial charge in [-0.3, -0.25) is 9.59 Å². The Morgan fingerprint density at radius 3 is 2.54 bits per heavy atom. The van der Waals surface area contributed by atoms with E-state index in [1.807, 2.05) is 0 Å². The quantitative estimate of drug-likeness (QED) is 0.873. The van der Waals surface area contributed by atoms with Gasteiger partial charge in [0.25, 0.3) is 5.91 Å². The molecule has 0 radical (unpaired) electrons.